The van der Waals surface area contributed by atoms with Gasteiger partial charge in [0, 0.05) is 17.1 Å². The van der Waals surface area contributed by atoms with E-state index < -0.39 is 0 Å². The molecule has 0 radical (unpaired) electrons. The van der Waals surface area contributed by atoms with E-state index in [1.165, 1.54) is 0 Å². The van der Waals surface area contributed by atoms with Crippen LogP contribution >= 0.6 is 15.9 Å². The van der Waals surface area contributed by atoms with Crippen molar-refractivity contribution in [3.05, 3.63) is 34.4 Å². The van der Waals surface area contributed by atoms with Gasteiger partial charge in [0.2, 0.25) is 0 Å². The molecule has 0 bridgehead atoms. The fraction of sp³-hybridized carbons (Fsp3) is 0.400. The zero-order chi connectivity index (χ0) is 14.0. The summed E-state index contributed by atoms with van der Waals surface area (Å²) < 4.78 is 2.83. The van der Waals surface area contributed by atoms with E-state index in [-0.39, 0.29) is 0 Å². The third-order valence-corrected chi connectivity index (χ3v) is 3.73. The monoisotopic (exact) mass is 321 g/mol. The number of hydrogen-bond acceptors (Lipinski definition) is 2. The average molecular weight is 322 g/mol. The highest BCUT2D eigenvalue weighted by atomic mass is 79.9. The lowest BCUT2D eigenvalue weighted by Gasteiger charge is -2.06. The largest absolute Gasteiger partial charge is 0.383 e. The van der Waals surface area contributed by atoms with Gasteiger partial charge in [0.15, 0.2) is 0 Å². The molecule has 2 N–H and O–H groups in total. The van der Waals surface area contributed by atoms with Crippen molar-refractivity contribution in [2.45, 2.75) is 26.7 Å². The van der Waals surface area contributed by atoms with Gasteiger partial charge in [-0.3, -0.25) is 4.68 Å². The zero-order valence-corrected chi connectivity index (χ0v) is 13.2. The molecule has 0 aliphatic rings. The number of nitrogens with zero attached hydrogens (tertiary/aromatic N) is 2. The van der Waals surface area contributed by atoms with Crippen molar-refractivity contribution in [2.75, 3.05) is 5.73 Å². The lowest BCUT2D eigenvalue weighted by molar-refractivity contribution is 0.577. The van der Waals surface area contributed by atoms with Gasteiger partial charge >= 0.3 is 0 Å². The number of hydrogen-bond donors (Lipinski definition) is 1. The second-order valence-electron chi connectivity index (χ2n) is 5.27. The minimum Gasteiger partial charge on any atom is -0.383 e. The molecule has 19 heavy (non-hydrogen) atoms. The van der Waals surface area contributed by atoms with Crippen LogP contribution in [-0.2, 0) is 13.5 Å². The Labute approximate surface area is 122 Å². The molecule has 0 fully saturated rings. The van der Waals surface area contributed by atoms with Crippen molar-refractivity contribution in [3.63, 3.8) is 0 Å². The summed E-state index contributed by atoms with van der Waals surface area (Å²) in [7, 11) is 1.90. The number of rotatable bonds is 4. The van der Waals surface area contributed by atoms with Gasteiger partial charge in [0.05, 0.1) is 5.69 Å². The van der Waals surface area contributed by atoms with Crippen molar-refractivity contribution in [2.24, 2.45) is 13.0 Å². The molecule has 4 heteroatoms. The quantitative estimate of drug-likeness (QED) is 0.924. The fourth-order valence-corrected chi connectivity index (χ4v) is 2.55. The molecular formula is C15H20BrN3. The summed E-state index contributed by atoms with van der Waals surface area (Å²) >= 11 is 3.51. The van der Waals surface area contributed by atoms with Gasteiger partial charge in [0.25, 0.3) is 0 Å². The van der Waals surface area contributed by atoms with E-state index in [0.29, 0.717) is 5.92 Å². The first-order chi connectivity index (χ1) is 8.99. The molecule has 0 aliphatic heterocycles. The first kappa shape index (κ1) is 14.1. The molecule has 0 unspecified atom stereocenters. The van der Waals surface area contributed by atoms with Gasteiger partial charge in [-0.15, -0.1) is 0 Å². The minimum absolute atomic E-state index is 0.665. The highest BCUT2D eigenvalue weighted by Gasteiger charge is 2.16. The Bertz CT molecular complexity index is 573. The van der Waals surface area contributed by atoms with E-state index in [2.05, 4.69) is 47.0 Å². The van der Waals surface area contributed by atoms with Crippen LogP contribution < -0.4 is 5.73 Å². The summed E-state index contributed by atoms with van der Waals surface area (Å²) in [6.07, 6.45) is 2.09. The van der Waals surface area contributed by atoms with E-state index in [1.54, 1.807) is 4.68 Å². The van der Waals surface area contributed by atoms with Crippen LogP contribution in [0.2, 0.25) is 0 Å². The zero-order valence-electron chi connectivity index (χ0n) is 11.7. The Morgan fingerprint density at radius 2 is 2.11 bits per heavy atom. The minimum atomic E-state index is 0.665. The molecule has 0 amide bonds. The van der Waals surface area contributed by atoms with Gasteiger partial charge < -0.3 is 5.73 Å². The van der Waals surface area contributed by atoms with Gasteiger partial charge in [-0.25, -0.2) is 0 Å². The standard InChI is InChI=1S/C15H20BrN3/c1-10(2)7-8-13-14(15(17)19(3)18-13)11-5-4-6-12(16)9-11/h4-6,9-10H,7-8,17H2,1-3H3. The number of halogens is 1. The molecule has 0 saturated heterocycles. The first-order valence-corrected chi connectivity index (χ1v) is 7.35. The number of benzene rings is 1. The second-order valence-corrected chi connectivity index (χ2v) is 6.19. The summed E-state index contributed by atoms with van der Waals surface area (Å²) in [5.41, 5.74) is 9.46. The van der Waals surface area contributed by atoms with Gasteiger partial charge in [0.1, 0.15) is 5.82 Å². The van der Waals surface area contributed by atoms with Crippen LogP contribution in [0.4, 0.5) is 5.82 Å². The maximum absolute atomic E-state index is 6.18. The lowest BCUT2D eigenvalue weighted by Crippen LogP contribution is -1.98. The van der Waals surface area contributed by atoms with Crippen LogP contribution in [0.5, 0.6) is 0 Å². The molecule has 1 aromatic carbocycles. The molecule has 2 rings (SSSR count). The van der Waals surface area contributed by atoms with Crippen molar-refractivity contribution in [1.29, 1.82) is 0 Å². The van der Waals surface area contributed by atoms with Crippen LogP contribution in [0, 0.1) is 5.92 Å². The summed E-state index contributed by atoms with van der Waals surface area (Å²) in [6.45, 7) is 4.45. The van der Waals surface area contributed by atoms with Gasteiger partial charge in [-0.2, -0.15) is 5.10 Å². The van der Waals surface area contributed by atoms with E-state index >= 15 is 0 Å². The predicted octanol–water partition coefficient (Wildman–Crippen LogP) is 4.02. The SMILES string of the molecule is CC(C)CCc1nn(C)c(N)c1-c1cccc(Br)c1. The topological polar surface area (TPSA) is 43.8 Å². The van der Waals surface area contributed by atoms with E-state index in [0.717, 1.165) is 40.0 Å². The van der Waals surface area contributed by atoms with E-state index in [9.17, 15) is 0 Å². The van der Waals surface area contributed by atoms with Gasteiger partial charge in [-0.1, -0.05) is 41.9 Å². The predicted molar refractivity (Wildman–Crippen MR) is 83.9 cm³/mol. The Morgan fingerprint density at radius 1 is 1.37 bits per heavy atom. The third-order valence-electron chi connectivity index (χ3n) is 3.24. The summed E-state index contributed by atoms with van der Waals surface area (Å²) in [5.74, 6) is 1.40. The van der Waals surface area contributed by atoms with Crippen LogP contribution in [0.15, 0.2) is 28.7 Å². The molecule has 2 aromatic rings. The molecule has 0 aliphatic carbocycles. The Kier molecular flexibility index (Phi) is 4.30. The van der Waals surface area contributed by atoms with Gasteiger partial charge in [-0.05, 0) is 36.5 Å². The number of nitrogens with two attached hydrogens (primary N) is 1. The molecule has 0 atom stereocenters. The van der Waals surface area contributed by atoms with Crippen LogP contribution in [0.3, 0.4) is 0 Å². The van der Waals surface area contributed by atoms with Crippen LogP contribution in [0.1, 0.15) is 26.0 Å². The number of aryl methyl sites for hydroxylation is 2. The maximum atomic E-state index is 6.18. The molecule has 0 spiro atoms. The molecule has 1 aromatic heterocycles. The van der Waals surface area contributed by atoms with E-state index in [4.69, 9.17) is 5.73 Å². The molecular weight excluding hydrogens is 302 g/mol. The lowest BCUT2D eigenvalue weighted by atomic mass is 10.00. The number of nitrogen functional groups attached to an aromatic ring is 1. The second kappa shape index (κ2) is 5.78. The highest BCUT2D eigenvalue weighted by Crippen LogP contribution is 2.32. The summed E-state index contributed by atoms with van der Waals surface area (Å²) in [5, 5.41) is 4.56. The molecule has 1 heterocycles. The smallest absolute Gasteiger partial charge is 0.129 e. The molecule has 102 valence electrons. The Hall–Kier alpha value is -1.29. The fourth-order valence-electron chi connectivity index (χ4n) is 2.15. The van der Waals surface area contributed by atoms with Crippen LogP contribution in [0.25, 0.3) is 11.1 Å². The normalized spacial score (nSPS) is 11.2. The summed E-state index contributed by atoms with van der Waals surface area (Å²) in [6, 6.07) is 8.21. The Morgan fingerprint density at radius 3 is 2.74 bits per heavy atom. The highest BCUT2D eigenvalue weighted by molar-refractivity contribution is 9.10. The molecule has 3 nitrogen and oxygen atoms in total. The van der Waals surface area contributed by atoms with Crippen molar-refractivity contribution >= 4 is 21.7 Å². The van der Waals surface area contributed by atoms with Crippen molar-refractivity contribution < 1.29 is 0 Å². The summed E-state index contributed by atoms with van der Waals surface area (Å²) in [4.78, 5) is 0. The van der Waals surface area contributed by atoms with Crippen molar-refractivity contribution in [3.8, 4) is 11.1 Å². The van der Waals surface area contributed by atoms with Crippen molar-refractivity contribution in [1.82, 2.24) is 9.78 Å². The van der Waals surface area contributed by atoms with Crippen LogP contribution in [-0.4, -0.2) is 9.78 Å². The Balaban J connectivity index is 2.43. The van der Waals surface area contributed by atoms with E-state index in [1.807, 2.05) is 19.2 Å². The average Bonchev–Trinajstić information content (AvgIpc) is 2.63. The molecule has 0 saturated carbocycles. The first-order valence-electron chi connectivity index (χ1n) is 6.56. The third kappa shape index (κ3) is 3.18. The number of aromatic nitrogens is 2. The number of anilines is 1. The maximum Gasteiger partial charge on any atom is 0.129 e.